The second-order valence-corrected chi connectivity index (χ2v) is 7.23. The molecule has 0 fully saturated rings. The van der Waals surface area contributed by atoms with Crippen molar-refractivity contribution in [2.45, 2.75) is 46.7 Å². The molecule has 0 aliphatic heterocycles. The predicted octanol–water partition coefficient (Wildman–Crippen LogP) is 4.73. The van der Waals surface area contributed by atoms with Crippen LogP contribution >= 0.6 is 0 Å². The number of furan rings is 1. The van der Waals surface area contributed by atoms with Crippen LogP contribution in [0.5, 0.6) is 0 Å². The molecule has 2 amide bonds. The van der Waals surface area contributed by atoms with Gasteiger partial charge in [0, 0.05) is 18.5 Å². The molecule has 0 spiro atoms. The molecule has 0 bridgehead atoms. The Morgan fingerprint density at radius 1 is 1.23 bits per heavy atom. The lowest BCUT2D eigenvalue weighted by Crippen LogP contribution is -2.28. The van der Waals surface area contributed by atoms with Gasteiger partial charge in [0.2, 0.25) is 0 Å². The summed E-state index contributed by atoms with van der Waals surface area (Å²) in [6, 6.07) is 7.50. The molecule has 0 aliphatic rings. The highest BCUT2D eigenvalue weighted by molar-refractivity contribution is 5.90. The number of urea groups is 1. The molecular formula is C20H26N4O2. The molecule has 0 aliphatic carbocycles. The Labute approximate surface area is 153 Å². The first-order valence-corrected chi connectivity index (χ1v) is 9.01. The number of anilines is 1. The van der Waals surface area contributed by atoms with Gasteiger partial charge in [-0.2, -0.15) is 5.10 Å². The molecule has 3 rings (SSSR count). The summed E-state index contributed by atoms with van der Waals surface area (Å²) < 4.78 is 7.38. The summed E-state index contributed by atoms with van der Waals surface area (Å²) in [6.45, 7) is 9.79. The first-order valence-electron chi connectivity index (χ1n) is 9.01. The Kier molecular flexibility index (Phi) is 5.30. The molecule has 0 saturated carbocycles. The largest absolute Gasteiger partial charge is 0.464 e. The zero-order chi connectivity index (χ0) is 18.7. The average Bonchev–Trinajstić information content (AvgIpc) is 3.19. The van der Waals surface area contributed by atoms with Crippen molar-refractivity contribution in [3.8, 4) is 0 Å². The summed E-state index contributed by atoms with van der Waals surface area (Å²) in [6.07, 6.45) is 3.39. The highest BCUT2D eigenvalue weighted by Gasteiger charge is 2.17. The maximum absolute atomic E-state index is 12.4. The Bertz CT molecular complexity index is 892. The van der Waals surface area contributed by atoms with Gasteiger partial charge in [0.25, 0.3) is 0 Å². The number of nitrogens with one attached hydrogen (secondary N) is 2. The second-order valence-electron chi connectivity index (χ2n) is 7.23. The minimum atomic E-state index is -0.239. The third kappa shape index (κ3) is 3.90. The van der Waals surface area contributed by atoms with E-state index in [1.54, 1.807) is 12.5 Å². The van der Waals surface area contributed by atoms with E-state index in [2.05, 4.69) is 43.4 Å². The molecule has 0 saturated heterocycles. The third-order valence-electron chi connectivity index (χ3n) is 4.24. The van der Waals surface area contributed by atoms with E-state index in [-0.39, 0.29) is 11.9 Å². The molecule has 1 aromatic carbocycles. The maximum atomic E-state index is 12.4. The Hall–Kier alpha value is -2.76. The Morgan fingerprint density at radius 2 is 2.04 bits per heavy atom. The minimum absolute atomic E-state index is 0.239. The van der Waals surface area contributed by atoms with Crippen LogP contribution < -0.4 is 10.6 Å². The van der Waals surface area contributed by atoms with Crippen LogP contribution in [-0.2, 0) is 13.1 Å². The first kappa shape index (κ1) is 18.0. The molecule has 2 N–H and O–H groups in total. The van der Waals surface area contributed by atoms with Gasteiger partial charge in [-0.25, -0.2) is 4.79 Å². The van der Waals surface area contributed by atoms with Gasteiger partial charge in [-0.1, -0.05) is 39.8 Å². The van der Waals surface area contributed by atoms with Crippen LogP contribution in [0.3, 0.4) is 0 Å². The van der Waals surface area contributed by atoms with E-state index < -0.39 is 0 Å². The summed E-state index contributed by atoms with van der Waals surface area (Å²) in [4.78, 5) is 12.4. The molecule has 3 aromatic rings. The molecule has 0 unspecified atom stereocenters. The van der Waals surface area contributed by atoms with E-state index in [4.69, 9.17) is 4.42 Å². The van der Waals surface area contributed by atoms with E-state index in [9.17, 15) is 4.79 Å². The maximum Gasteiger partial charge on any atom is 0.319 e. The van der Waals surface area contributed by atoms with Crippen molar-refractivity contribution in [3.05, 3.63) is 48.0 Å². The predicted molar refractivity (Wildman–Crippen MR) is 103 cm³/mol. The molecule has 0 atom stereocenters. The average molecular weight is 354 g/mol. The molecule has 2 heterocycles. The number of benzene rings is 1. The second kappa shape index (κ2) is 7.64. The number of hydrogen-bond acceptors (Lipinski definition) is 3. The SMILES string of the molecule is CC(C)Cn1ncc(NC(=O)NCc2cccc3occc23)c1C(C)C. The van der Waals surface area contributed by atoms with Crippen LogP contribution in [0.1, 0.15) is 44.9 Å². The summed E-state index contributed by atoms with van der Waals surface area (Å²) in [5.74, 6) is 0.760. The number of amides is 2. The van der Waals surface area contributed by atoms with Gasteiger partial charge < -0.3 is 15.1 Å². The number of carbonyl (C=O) groups is 1. The molecule has 138 valence electrons. The van der Waals surface area contributed by atoms with Gasteiger partial charge in [-0.15, -0.1) is 0 Å². The normalized spacial score (nSPS) is 11.5. The van der Waals surface area contributed by atoms with Crippen molar-refractivity contribution in [1.82, 2.24) is 15.1 Å². The number of nitrogens with zero attached hydrogens (tertiary/aromatic N) is 2. The minimum Gasteiger partial charge on any atom is -0.464 e. The Balaban J connectivity index is 1.68. The van der Waals surface area contributed by atoms with Crippen molar-refractivity contribution in [3.63, 3.8) is 0 Å². The van der Waals surface area contributed by atoms with Gasteiger partial charge in [-0.3, -0.25) is 4.68 Å². The summed E-state index contributed by atoms with van der Waals surface area (Å²) in [7, 11) is 0. The van der Waals surface area contributed by atoms with E-state index in [1.165, 1.54) is 0 Å². The molecule has 6 heteroatoms. The fraction of sp³-hybridized carbons (Fsp3) is 0.400. The molecule has 26 heavy (non-hydrogen) atoms. The number of aromatic nitrogens is 2. The summed E-state index contributed by atoms with van der Waals surface area (Å²) >= 11 is 0. The zero-order valence-corrected chi connectivity index (χ0v) is 15.7. The van der Waals surface area contributed by atoms with Crippen LogP contribution in [0.4, 0.5) is 10.5 Å². The van der Waals surface area contributed by atoms with Crippen molar-refractivity contribution < 1.29 is 9.21 Å². The van der Waals surface area contributed by atoms with Crippen LogP contribution in [0.15, 0.2) is 41.1 Å². The smallest absolute Gasteiger partial charge is 0.319 e. The lowest BCUT2D eigenvalue weighted by Gasteiger charge is -2.15. The van der Waals surface area contributed by atoms with E-state index in [0.29, 0.717) is 12.5 Å². The highest BCUT2D eigenvalue weighted by Crippen LogP contribution is 2.25. The van der Waals surface area contributed by atoms with E-state index in [0.717, 1.165) is 34.5 Å². The highest BCUT2D eigenvalue weighted by atomic mass is 16.3. The third-order valence-corrected chi connectivity index (χ3v) is 4.24. The van der Waals surface area contributed by atoms with Crippen molar-refractivity contribution in [2.24, 2.45) is 5.92 Å². The number of hydrogen-bond donors (Lipinski definition) is 2. The summed E-state index contributed by atoms with van der Waals surface area (Å²) in [5, 5.41) is 11.3. The first-order chi connectivity index (χ1) is 12.5. The number of rotatable bonds is 6. The quantitative estimate of drug-likeness (QED) is 0.672. The molecule has 0 radical (unpaired) electrons. The monoisotopic (exact) mass is 354 g/mol. The topological polar surface area (TPSA) is 72.1 Å². The fourth-order valence-electron chi connectivity index (χ4n) is 3.14. The standard InChI is InChI=1S/C20H26N4O2/c1-13(2)12-24-19(14(3)4)17(11-22-24)23-20(25)21-10-15-6-5-7-18-16(15)8-9-26-18/h5-9,11,13-14H,10,12H2,1-4H3,(H2,21,23,25). The van der Waals surface area contributed by atoms with Gasteiger partial charge in [0.05, 0.1) is 23.8 Å². The van der Waals surface area contributed by atoms with Crippen molar-refractivity contribution in [1.29, 1.82) is 0 Å². The van der Waals surface area contributed by atoms with Gasteiger partial charge in [0.1, 0.15) is 5.58 Å². The number of carbonyl (C=O) groups excluding carboxylic acids is 1. The van der Waals surface area contributed by atoms with Gasteiger partial charge in [-0.05, 0) is 29.5 Å². The fourth-order valence-corrected chi connectivity index (χ4v) is 3.14. The number of fused-ring (bicyclic) bond motifs is 1. The lowest BCUT2D eigenvalue weighted by atomic mass is 10.1. The van der Waals surface area contributed by atoms with Crippen molar-refractivity contribution >= 4 is 22.7 Å². The van der Waals surface area contributed by atoms with E-state index in [1.807, 2.05) is 28.9 Å². The van der Waals surface area contributed by atoms with Gasteiger partial charge >= 0.3 is 6.03 Å². The van der Waals surface area contributed by atoms with Crippen LogP contribution in [0.25, 0.3) is 11.0 Å². The molecule has 6 nitrogen and oxygen atoms in total. The molecule has 2 aromatic heterocycles. The van der Waals surface area contributed by atoms with Crippen LogP contribution in [0.2, 0.25) is 0 Å². The Morgan fingerprint density at radius 3 is 2.77 bits per heavy atom. The van der Waals surface area contributed by atoms with Crippen LogP contribution in [0, 0.1) is 5.92 Å². The lowest BCUT2D eigenvalue weighted by molar-refractivity contribution is 0.251. The zero-order valence-electron chi connectivity index (χ0n) is 15.7. The van der Waals surface area contributed by atoms with Crippen molar-refractivity contribution in [2.75, 3.05) is 5.32 Å². The molecular weight excluding hydrogens is 328 g/mol. The van der Waals surface area contributed by atoms with Gasteiger partial charge in [0.15, 0.2) is 0 Å². The summed E-state index contributed by atoms with van der Waals surface area (Å²) in [5.41, 5.74) is 3.65. The van der Waals surface area contributed by atoms with E-state index >= 15 is 0 Å². The van der Waals surface area contributed by atoms with Crippen LogP contribution in [-0.4, -0.2) is 15.8 Å².